The molecule has 6 nitrogen and oxygen atoms in total. The number of aromatic nitrogens is 2. The van der Waals surface area contributed by atoms with Gasteiger partial charge in [-0.15, -0.1) is 0 Å². The number of carbonyl (C=O) groups is 2. The van der Waals surface area contributed by atoms with Gasteiger partial charge < -0.3 is 0 Å². The van der Waals surface area contributed by atoms with Gasteiger partial charge in [0.25, 0.3) is 11.8 Å². The molecule has 6 heteroatoms. The zero-order chi connectivity index (χ0) is 16.2. The Bertz CT molecular complexity index is 878. The minimum Gasteiger partial charge on any atom is -0.267 e. The molecule has 0 bridgehead atoms. The molecule has 0 radical (unpaired) electrons. The van der Waals surface area contributed by atoms with Crippen molar-refractivity contribution in [3.63, 3.8) is 0 Å². The Kier molecular flexibility index (Phi) is 3.97. The molecular formula is C17H14N4O2. The van der Waals surface area contributed by atoms with Gasteiger partial charge in [0.1, 0.15) is 5.69 Å². The molecule has 0 fully saturated rings. The number of nitrogens with one attached hydrogen (secondary N) is 2. The predicted octanol–water partition coefficient (Wildman–Crippen LogP) is 2.01. The first kappa shape index (κ1) is 14.6. The third-order valence-corrected chi connectivity index (χ3v) is 3.28. The molecule has 1 aromatic carbocycles. The smallest absolute Gasteiger partial charge is 0.267 e. The molecule has 0 aliphatic heterocycles. The quantitative estimate of drug-likeness (QED) is 0.709. The molecule has 2 N–H and O–H groups in total. The van der Waals surface area contributed by atoms with Crippen molar-refractivity contribution >= 4 is 22.7 Å². The minimum atomic E-state index is -0.478. The van der Waals surface area contributed by atoms with Crippen LogP contribution in [0.15, 0.2) is 54.7 Å². The molecule has 0 unspecified atom stereocenters. The molecule has 23 heavy (non-hydrogen) atoms. The lowest BCUT2D eigenvalue weighted by Crippen LogP contribution is -2.42. The summed E-state index contributed by atoms with van der Waals surface area (Å²) in [6.07, 6.45) is 1.51. The van der Waals surface area contributed by atoms with E-state index in [0.717, 1.165) is 16.6 Å². The summed E-state index contributed by atoms with van der Waals surface area (Å²) < 4.78 is 0. The molecule has 3 rings (SSSR count). The molecule has 0 saturated heterocycles. The van der Waals surface area contributed by atoms with E-state index in [9.17, 15) is 9.59 Å². The van der Waals surface area contributed by atoms with Crippen molar-refractivity contribution in [1.29, 1.82) is 0 Å². The zero-order valence-electron chi connectivity index (χ0n) is 12.4. The first-order valence-corrected chi connectivity index (χ1v) is 7.03. The molecule has 2 heterocycles. The lowest BCUT2D eigenvalue weighted by atomic mass is 10.1. The molecule has 2 amide bonds. The number of nitrogens with zero attached hydrogens (tertiary/aromatic N) is 2. The van der Waals surface area contributed by atoms with Crippen molar-refractivity contribution in [2.45, 2.75) is 6.92 Å². The third kappa shape index (κ3) is 3.16. The number of amides is 2. The fraction of sp³-hybridized carbons (Fsp3) is 0.0588. The Morgan fingerprint density at radius 3 is 2.48 bits per heavy atom. The molecule has 0 atom stereocenters. The SMILES string of the molecule is Cc1cc(C(=O)NNC(=O)c2ccccn2)c2ccccc2n1. The maximum Gasteiger partial charge on any atom is 0.288 e. The first-order valence-electron chi connectivity index (χ1n) is 7.03. The van der Waals surface area contributed by atoms with Crippen LogP contribution in [0.25, 0.3) is 10.9 Å². The van der Waals surface area contributed by atoms with Crippen molar-refractivity contribution in [2.75, 3.05) is 0 Å². The second-order valence-electron chi connectivity index (χ2n) is 4.95. The van der Waals surface area contributed by atoms with Crippen LogP contribution in [-0.2, 0) is 0 Å². The predicted molar refractivity (Wildman–Crippen MR) is 85.6 cm³/mol. The highest BCUT2D eigenvalue weighted by Gasteiger charge is 2.13. The van der Waals surface area contributed by atoms with Gasteiger partial charge in [0.05, 0.1) is 11.1 Å². The summed E-state index contributed by atoms with van der Waals surface area (Å²) in [5, 5.41) is 0.725. The van der Waals surface area contributed by atoms with Gasteiger partial charge in [-0.25, -0.2) is 0 Å². The Morgan fingerprint density at radius 1 is 0.957 bits per heavy atom. The van der Waals surface area contributed by atoms with Crippen LogP contribution in [0.5, 0.6) is 0 Å². The number of benzene rings is 1. The van der Waals surface area contributed by atoms with Gasteiger partial charge in [-0.05, 0) is 31.2 Å². The van der Waals surface area contributed by atoms with Crippen molar-refractivity contribution in [2.24, 2.45) is 0 Å². The highest BCUT2D eigenvalue weighted by Crippen LogP contribution is 2.17. The standard InChI is InChI=1S/C17H14N4O2/c1-11-10-13(12-6-2-3-7-14(12)19-11)16(22)20-21-17(23)15-8-4-5-9-18-15/h2-10H,1H3,(H,20,22)(H,21,23). The van der Waals surface area contributed by atoms with E-state index in [1.165, 1.54) is 6.20 Å². The average Bonchev–Trinajstić information content (AvgIpc) is 2.59. The van der Waals surface area contributed by atoms with E-state index in [0.29, 0.717) is 5.56 Å². The van der Waals surface area contributed by atoms with Crippen molar-refractivity contribution in [3.8, 4) is 0 Å². The number of para-hydroxylation sites is 1. The summed E-state index contributed by atoms with van der Waals surface area (Å²) in [6.45, 7) is 1.82. The average molecular weight is 306 g/mol. The molecular weight excluding hydrogens is 292 g/mol. The molecule has 0 spiro atoms. The normalized spacial score (nSPS) is 10.3. The summed E-state index contributed by atoms with van der Waals surface area (Å²) in [4.78, 5) is 32.6. The molecule has 3 aromatic rings. The number of rotatable bonds is 2. The van der Waals surface area contributed by atoms with Crippen molar-refractivity contribution < 1.29 is 9.59 Å². The van der Waals surface area contributed by atoms with E-state index in [4.69, 9.17) is 0 Å². The number of fused-ring (bicyclic) bond motifs is 1. The number of hydrazine groups is 1. The molecule has 0 aliphatic carbocycles. The van der Waals surface area contributed by atoms with E-state index in [2.05, 4.69) is 20.8 Å². The molecule has 0 saturated carbocycles. The number of hydrogen-bond acceptors (Lipinski definition) is 4. The highest BCUT2D eigenvalue weighted by molar-refractivity contribution is 6.07. The lowest BCUT2D eigenvalue weighted by molar-refractivity contribution is 0.0845. The Hall–Kier alpha value is -3.28. The number of carbonyl (C=O) groups excluding carboxylic acids is 2. The van der Waals surface area contributed by atoms with E-state index in [1.807, 2.05) is 31.2 Å². The largest absolute Gasteiger partial charge is 0.288 e. The van der Waals surface area contributed by atoms with E-state index in [-0.39, 0.29) is 5.69 Å². The zero-order valence-corrected chi connectivity index (χ0v) is 12.4. The summed E-state index contributed by atoms with van der Waals surface area (Å²) in [5.41, 5.74) is 6.91. The fourth-order valence-electron chi connectivity index (χ4n) is 2.24. The summed E-state index contributed by atoms with van der Waals surface area (Å²) in [7, 11) is 0. The summed E-state index contributed by atoms with van der Waals surface area (Å²) in [6, 6.07) is 14.0. The number of aryl methyl sites for hydroxylation is 1. The van der Waals surface area contributed by atoms with Gasteiger partial charge in [-0.2, -0.15) is 0 Å². The van der Waals surface area contributed by atoms with Gasteiger partial charge in [-0.1, -0.05) is 24.3 Å². The Balaban J connectivity index is 1.80. The van der Waals surface area contributed by atoms with Crippen molar-refractivity contribution in [1.82, 2.24) is 20.8 Å². The van der Waals surface area contributed by atoms with Gasteiger partial charge in [0, 0.05) is 17.3 Å². The maximum atomic E-state index is 12.4. The van der Waals surface area contributed by atoms with Gasteiger partial charge in [0.15, 0.2) is 0 Å². The lowest BCUT2D eigenvalue weighted by Gasteiger charge is -2.09. The highest BCUT2D eigenvalue weighted by atomic mass is 16.2. The third-order valence-electron chi connectivity index (χ3n) is 3.28. The van der Waals surface area contributed by atoms with Gasteiger partial charge in [0.2, 0.25) is 0 Å². The fourth-order valence-corrected chi connectivity index (χ4v) is 2.24. The monoisotopic (exact) mass is 306 g/mol. The van der Waals surface area contributed by atoms with Crippen LogP contribution < -0.4 is 10.9 Å². The van der Waals surface area contributed by atoms with Crippen LogP contribution in [0.4, 0.5) is 0 Å². The van der Waals surface area contributed by atoms with Crippen LogP contribution in [0.2, 0.25) is 0 Å². The number of hydrogen-bond donors (Lipinski definition) is 2. The summed E-state index contributed by atoms with van der Waals surface area (Å²) >= 11 is 0. The van der Waals surface area contributed by atoms with E-state index >= 15 is 0 Å². The minimum absolute atomic E-state index is 0.226. The Morgan fingerprint density at radius 2 is 1.70 bits per heavy atom. The van der Waals surface area contributed by atoms with E-state index in [1.54, 1.807) is 24.3 Å². The van der Waals surface area contributed by atoms with Crippen LogP contribution in [0.1, 0.15) is 26.5 Å². The van der Waals surface area contributed by atoms with Crippen LogP contribution in [0.3, 0.4) is 0 Å². The van der Waals surface area contributed by atoms with Crippen molar-refractivity contribution in [3.05, 3.63) is 71.7 Å². The topological polar surface area (TPSA) is 84.0 Å². The maximum absolute atomic E-state index is 12.4. The second-order valence-corrected chi connectivity index (χ2v) is 4.95. The van der Waals surface area contributed by atoms with E-state index < -0.39 is 11.8 Å². The summed E-state index contributed by atoms with van der Waals surface area (Å²) in [5.74, 6) is -0.884. The van der Waals surface area contributed by atoms with Crippen LogP contribution in [0, 0.1) is 6.92 Å². The Labute approximate surface area is 132 Å². The molecule has 114 valence electrons. The van der Waals surface area contributed by atoms with Crippen LogP contribution in [-0.4, -0.2) is 21.8 Å². The van der Waals surface area contributed by atoms with Gasteiger partial charge in [-0.3, -0.25) is 30.4 Å². The second kappa shape index (κ2) is 6.23. The molecule has 2 aromatic heterocycles. The number of pyridine rings is 2. The molecule has 0 aliphatic rings. The first-order chi connectivity index (χ1) is 11.1. The van der Waals surface area contributed by atoms with Gasteiger partial charge >= 0.3 is 0 Å². The van der Waals surface area contributed by atoms with Crippen LogP contribution >= 0.6 is 0 Å².